The first-order valence-corrected chi connectivity index (χ1v) is 11.6. The molecule has 1 fully saturated rings. The lowest BCUT2D eigenvalue weighted by Gasteiger charge is -2.29. The van der Waals surface area contributed by atoms with E-state index in [0.29, 0.717) is 39.7 Å². The lowest BCUT2D eigenvalue weighted by Crippen LogP contribution is -2.50. The van der Waals surface area contributed by atoms with Crippen LogP contribution in [0.1, 0.15) is 12.5 Å². The van der Waals surface area contributed by atoms with Crippen LogP contribution in [0.25, 0.3) is 0 Å². The van der Waals surface area contributed by atoms with E-state index in [9.17, 15) is 4.79 Å². The first kappa shape index (κ1) is 24.3. The molecule has 0 aliphatic carbocycles. The number of anilines is 5. The van der Waals surface area contributed by atoms with Crippen LogP contribution in [0.5, 0.6) is 11.5 Å². The smallest absolute Gasteiger partial charge is 0.247 e. The highest BCUT2D eigenvalue weighted by molar-refractivity contribution is 6.32. The maximum atomic E-state index is 12.0. The van der Waals surface area contributed by atoms with E-state index in [1.807, 2.05) is 24.3 Å². The third-order valence-corrected chi connectivity index (χ3v) is 5.70. The lowest BCUT2D eigenvalue weighted by atomic mass is 10.1. The number of carbonyl (C=O) groups excluding carboxylic acids is 1. The van der Waals surface area contributed by atoms with Crippen LogP contribution in [0.3, 0.4) is 0 Å². The van der Waals surface area contributed by atoms with E-state index in [-0.39, 0.29) is 12.0 Å². The standard InChI is InChI=1S/C25H27ClN6O3/c1-4-15-8-6-7-9-18(15)30-24-17(26)14-28-25(32-24)31-19-10-20(29-23(33)5-2)22(11-21(19)34-3)35-16-12-27-13-16/h5-11,14,16,27H,2,4,12-13H2,1,3H3,(H,29,33)(H2,28,30,31,32). The van der Waals surface area contributed by atoms with Crippen molar-refractivity contribution in [3.8, 4) is 11.5 Å². The number of nitrogens with one attached hydrogen (secondary N) is 4. The van der Waals surface area contributed by atoms with Gasteiger partial charge >= 0.3 is 0 Å². The van der Waals surface area contributed by atoms with Gasteiger partial charge in [0.1, 0.15) is 22.6 Å². The van der Waals surface area contributed by atoms with Crippen molar-refractivity contribution in [3.63, 3.8) is 0 Å². The zero-order chi connectivity index (χ0) is 24.8. The van der Waals surface area contributed by atoms with Crippen LogP contribution in [-0.4, -0.2) is 42.2 Å². The molecule has 4 rings (SSSR count). The third-order valence-electron chi connectivity index (χ3n) is 5.42. The Kier molecular flexibility index (Phi) is 7.69. The van der Waals surface area contributed by atoms with Gasteiger partial charge in [0, 0.05) is 24.8 Å². The van der Waals surface area contributed by atoms with Gasteiger partial charge in [-0.05, 0) is 30.2 Å². The van der Waals surface area contributed by atoms with E-state index in [1.165, 1.54) is 12.3 Å². The van der Waals surface area contributed by atoms with Gasteiger partial charge in [-0.3, -0.25) is 4.79 Å². The molecule has 35 heavy (non-hydrogen) atoms. The molecule has 0 atom stereocenters. The van der Waals surface area contributed by atoms with Crippen molar-refractivity contribution < 1.29 is 14.3 Å². The number of para-hydroxylation sites is 1. The summed E-state index contributed by atoms with van der Waals surface area (Å²) in [6, 6.07) is 11.4. The van der Waals surface area contributed by atoms with Crippen molar-refractivity contribution in [2.75, 3.05) is 36.1 Å². The topological polar surface area (TPSA) is 109 Å². The number of benzene rings is 2. The van der Waals surface area contributed by atoms with E-state index in [0.717, 1.165) is 30.8 Å². The fourth-order valence-corrected chi connectivity index (χ4v) is 3.58. The Labute approximate surface area is 208 Å². The molecule has 2 aromatic carbocycles. The number of halogens is 1. The summed E-state index contributed by atoms with van der Waals surface area (Å²) >= 11 is 6.37. The highest BCUT2D eigenvalue weighted by Crippen LogP contribution is 2.39. The van der Waals surface area contributed by atoms with Gasteiger partial charge < -0.3 is 30.7 Å². The molecule has 1 saturated heterocycles. The Balaban J connectivity index is 1.64. The van der Waals surface area contributed by atoms with Gasteiger partial charge in [-0.15, -0.1) is 0 Å². The van der Waals surface area contributed by atoms with Crippen molar-refractivity contribution in [2.45, 2.75) is 19.4 Å². The quantitative estimate of drug-likeness (QED) is 0.301. The predicted molar refractivity (Wildman–Crippen MR) is 139 cm³/mol. The van der Waals surface area contributed by atoms with E-state index >= 15 is 0 Å². The highest BCUT2D eigenvalue weighted by atomic mass is 35.5. The van der Waals surface area contributed by atoms with Crippen LogP contribution in [0.2, 0.25) is 5.02 Å². The number of carbonyl (C=O) groups is 1. The fraction of sp³-hybridized carbons (Fsp3) is 0.240. The number of aryl methyl sites for hydroxylation is 1. The van der Waals surface area contributed by atoms with E-state index < -0.39 is 0 Å². The van der Waals surface area contributed by atoms with Crippen molar-refractivity contribution in [1.29, 1.82) is 0 Å². The number of rotatable bonds is 10. The Hall–Kier alpha value is -3.82. The van der Waals surface area contributed by atoms with Gasteiger partial charge in [0.2, 0.25) is 11.9 Å². The Morgan fingerprint density at radius 1 is 1.20 bits per heavy atom. The molecule has 3 aromatic rings. The molecule has 0 spiro atoms. The summed E-state index contributed by atoms with van der Waals surface area (Å²) in [5, 5.41) is 12.8. The summed E-state index contributed by atoms with van der Waals surface area (Å²) in [5.74, 6) is 1.38. The molecule has 0 bridgehead atoms. The molecule has 1 aromatic heterocycles. The molecule has 1 amide bonds. The Morgan fingerprint density at radius 3 is 2.69 bits per heavy atom. The number of amides is 1. The van der Waals surface area contributed by atoms with Gasteiger partial charge in [-0.1, -0.05) is 43.3 Å². The molecule has 1 aliphatic rings. The summed E-state index contributed by atoms with van der Waals surface area (Å²) in [4.78, 5) is 20.9. The van der Waals surface area contributed by atoms with Crippen LogP contribution in [0.15, 0.2) is 55.3 Å². The van der Waals surface area contributed by atoms with Gasteiger partial charge in [-0.25, -0.2) is 4.98 Å². The molecule has 4 N–H and O–H groups in total. The van der Waals surface area contributed by atoms with Crippen molar-refractivity contribution >= 4 is 46.3 Å². The molecule has 10 heteroatoms. The Bertz CT molecular complexity index is 1230. The first-order chi connectivity index (χ1) is 17.0. The number of hydrogen-bond acceptors (Lipinski definition) is 8. The molecular formula is C25H27ClN6O3. The molecule has 9 nitrogen and oxygen atoms in total. The fourth-order valence-electron chi connectivity index (χ4n) is 3.45. The minimum Gasteiger partial charge on any atom is -0.494 e. The second-order valence-corrected chi connectivity index (χ2v) is 8.20. The number of nitrogens with zero attached hydrogens (tertiary/aromatic N) is 2. The van der Waals surface area contributed by atoms with Gasteiger partial charge in [0.25, 0.3) is 0 Å². The molecule has 0 saturated carbocycles. The molecule has 0 unspecified atom stereocenters. The zero-order valence-electron chi connectivity index (χ0n) is 19.5. The van der Waals surface area contributed by atoms with Gasteiger partial charge in [0.05, 0.1) is 24.7 Å². The van der Waals surface area contributed by atoms with Crippen LogP contribution in [0.4, 0.5) is 28.8 Å². The minimum atomic E-state index is -0.360. The average molecular weight is 495 g/mol. The summed E-state index contributed by atoms with van der Waals surface area (Å²) in [6.45, 7) is 7.06. The molecular weight excluding hydrogens is 468 g/mol. The van der Waals surface area contributed by atoms with E-state index in [2.05, 4.69) is 44.7 Å². The number of methoxy groups -OCH3 is 1. The minimum absolute atomic E-state index is 0.0112. The van der Waals surface area contributed by atoms with Gasteiger partial charge in [-0.2, -0.15) is 4.98 Å². The lowest BCUT2D eigenvalue weighted by molar-refractivity contribution is -0.111. The van der Waals surface area contributed by atoms with E-state index in [1.54, 1.807) is 19.2 Å². The second kappa shape index (κ2) is 11.1. The maximum Gasteiger partial charge on any atom is 0.247 e. The molecule has 2 heterocycles. The van der Waals surface area contributed by atoms with Crippen molar-refractivity contribution in [1.82, 2.24) is 15.3 Å². The maximum absolute atomic E-state index is 12.0. The van der Waals surface area contributed by atoms with Crippen LogP contribution >= 0.6 is 11.6 Å². The van der Waals surface area contributed by atoms with Gasteiger partial charge in [0.15, 0.2) is 5.82 Å². The largest absolute Gasteiger partial charge is 0.494 e. The summed E-state index contributed by atoms with van der Waals surface area (Å²) in [6.07, 6.45) is 3.58. The molecule has 1 aliphatic heterocycles. The third kappa shape index (κ3) is 5.82. The zero-order valence-corrected chi connectivity index (χ0v) is 20.3. The molecule has 182 valence electrons. The summed E-state index contributed by atoms with van der Waals surface area (Å²) in [5.41, 5.74) is 3.06. The van der Waals surface area contributed by atoms with Crippen LogP contribution in [0, 0.1) is 0 Å². The monoisotopic (exact) mass is 494 g/mol. The van der Waals surface area contributed by atoms with Crippen LogP contribution < -0.4 is 30.7 Å². The number of ether oxygens (including phenoxy) is 2. The highest BCUT2D eigenvalue weighted by Gasteiger charge is 2.22. The SMILES string of the molecule is C=CC(=O)Nc1cc(Nc2ncc(Cl)c(Nc3ccccc3CC)n2)c(OC)cc1OC1CNC1. The number of hydrogen-bond donors (Lipinski definition) is 4. The number of aromatic nitrogens is 2. The van der Waals surface area contributed by atoms with Crippen molar-refractivity contribution in [3.05, 3.63) is 65.8 Å². The van der Waals surface area contributed by atoms with Crippen molar-refractivity contribution in [2.24, 2.45) is 0 Å². The second-order valence-electron chi connectivity index (χ2n) is 7.79. The molecule has 0 radical (unpaired) electrons. The summed E-state index contributed by atoms with van der Waals surface area (Å²) in [7, 11) is 1.55. The first-order valence-electron chi connectivity index (χ1n) is 11.2. The summed E-state index contributed by atoms with van der Waals surface area (Å²) < 4.78 is 11.6. The predicted octanol–water partition coefficient (Wildman–Crippen LogP) is 4.66. The average Bonchev–Trinajstić information content (AvgIpc) is 2.84. The van der Waals surface area contributed by atoms with Crippen LogP contribution in [-0.2, 0) is 11.2 Å². The van der Waals surface area contributed by atoms with E-state index in [4.69, 9.17) is 21.1 Å². The normalized spacial score (nSPS) is 12.9. The Morgan fingerprint density at radius 2 is 2.00 bits per heavy atom.